The molecule has 7 nitrogen and oxygen atoms in total. The van der Waals surface area contributed by atoms with Gasteiger partial charge in [-0.3, -0.25) is 0 Å². The molecule has 4 aromatic rings. The molecule has 0 saturated heterocycles. The largest absolute Gasteiger partial charge is 0.387 e. The van der Waals surface area contributed by atoms with Crippen molar-refractivity contribution in [1.82, 2.24) is 24.1 Å². The molecule has 0 aliphatic carbocycles. The first kappa shape index (κ1) is 18.6. The van der Waals surface area contributed by atoms with E-state index in [1.165, 1.54) is 0 Å². The number of aliphatic hydroxyl groups is 1. The second-order valence-corrected chi connectivity index (χ2v) is 7.59. The maximum atomic E-state index is 10.0. The van der Waals surface area contributed by atoms with E-state index < -0.39 is 6.10 Å². The molecule has 144 valence electrons. The van der Waals surface area contributed by atoms with E-state index in [-0.39, 0.29) is 0 Å². The van der Waals surface area contributed by atoms with Gasteiger partial charge in [-0.2, -0.15) is 9.61 Å². The van der Waals surface area contributed by atoms with E-state index in [1.54, 1.807) is 17.6 Å². The number of anilines is 1. The maximum Gasteiger partial charge on any atom is 0.172 e. The molecule has 8 heteroatoms. The van der Waals surface area contributed by atoms with Gasteiger partial charge in [0.1, 0.15) is 11.6 Å². The van der Waals surface area contributed by atoms with E-state index in [2.05, 4.69) is 54.5 Å². The molecule has 3 aromatic heterocycles. The molecule has 0 spiro atoms. The summed E-state index contributed by atoms with van der Waals surface area (Å²) in [6.07, 6.45) is 3.06. The van der Waals surface area contributed by atoms with E-state index in [0.717, 1.165) is 32.9 Å². The average molecular weight is 441 g/mol. The Morgan fingerprint density at radius 3 is 2.82 bits per heavy atom. The van der Waals surface area contributed by atoms with Crippen LogP contribution in [-0.2, 0) is 13.6 Å². The summed E-state index contributed by atoms with van der Waals surface area (Å²) in [6.45, 7) is 4.23. The van der Waals surface area contributed by atoms with Gasteiger partial charge in [0.25, 0.3) is 0 Å². The van der Waals surface area contributed by atoms with Crippen LogP contribution < -0.4 is 5.32 Å². The summed E-state index contributed by atoms with van der Waals surface area (Å²) in [5.41, 5.74) is 4.30. The van der Waals surface area contributed by atoms with Gasteiger partial charge in [0.15, 0.2) is 5.65 Å². The van der Waals surface area contributed by atoms with Gasteiger partial charge in [0.2, 0.25) is 0 Å². The normalized spacial score (nSPS) is 12.5. The highest BCUT2D eigenvalue weighted by Crippen LogP contribution is 2.26. The quantitative estimate of drug-likeness (QED) is 0.492. The van der Waals surface area contributed by atoms with Crippen molar-refractivity contribution >= 4 is 27.4 Å². The van der Waals surface area contributed by atoms with Gasteiger partial charge in [0, 0.05) is 37.6 Å². The Morgan fingerprint density at radius 1 is 1.29 bits per heavy atom. The zero-order chi connectivity index (χ0) is 19.8. The predicted molar refractivity (Wildman–Crippen MR) is 112 cm³/mol. The number of imidazole rings is 1. The van der Waals surface area contributed by atoms with Crippen LogP contribution in [0.3, 0.4) is 0 Å². The number of hydrogen-bond acceptors (Lipinski definition) is 5. The highest BCUT2D eigenvalue weighted by molar-refractivity contribution is 9.10. The summed E-state index contributed by atoms with van der Waals surface area (Å²) < 4.78 is 4.58. The smallest absolute Gasteiger partial charge is 0.172 e. The number of nitrogens with one attached hydrogen (secondary N) is 1. The molecule has 0 fully saturated rings. The minimum atomic E-state index is -0.667. The maximum absolute atomic E-state index is 10.0. The Hall–Kier alpha value is -2.71. The topological polar surface area (TPSA) is 80.3 Å². The fourth-order valence-electron chi connectivity index (χ4n) is 3.11. The Kier molecular flexibility index (Phi) is 4.91. The number of halogens is 1. The monoisotopic (exact) mass is 440 g/mol. The van der Waals surface area contributed by atoms with Crippen molar-refractivity contribution < 1.29 is 5.11 Å². The van der Waals surface area contributed by atoms with Gasteiger partial charge in [-0.05, 0) is 41.4 Å². The second kappa shape index (κ2) is 7.37. The lowest BCUT2D eigenvalue weighted by atomic mass is 10.1. The molecule has 1 aromatic carbocycles. The fourth-order valence-corrected chi connectivity index (χ4v) is 3.45. The number of nitrogens with zero attached hydrogens (tertiary/aromatic N) is 5. The zero-order valence-corrected chi connectivity index (χ0v) is 17.5. The second-order valence-electron chi connectivity index (χ2n) is 6.79. The highest BCUT2D eigenvalue weighted by Gasteiger charge is 2.15. The summed E-state index contributed by atoms with van der Waals surface area (Å²) >= 11 is 3.54. The lowest BCUT2D eigenvalue weighted by molar-refractivity contribution is 0.194. The van der Waals surface area contributed by atoms with Crippen molar-refractivity contribution in [2.45, 2.75) is 26.5 Å². The lowest BCUT2D eigenvalue weighted by Gasteiger charge is -2.12. The predicted octanol–water partition coefficient (Wildman–Crippen LogP) is 3.87. The van der Waals surface area contributed by atoms with Gasteiger partial charge >= 0.3 is 0 Å². The third kappa shape index (κ3) is 3.41. The van der Waals surface area contributed by atoms with E-state index in [4.69, 9.17) is 0 Å². The minimum Gasteiger partial charge on any atom is -0.387 e. The minimum absolute atomic E-state index is 0.595. The van der Waals surface area contributed by atoms with Gasteiger partial charge < -0.3 is 15.0 Å². The lowest BCUT2D eigenvalue weighted by Crippen LogP contribution is -2.09. The molecule has 2 N–H and O–H groups in total. The molecule has 0 radical (unpaired) electrons. The highest BCUT2D eigenvalue weighted by atomic mass is 79.9. The first-order valence-corrected chi connectivity index (χ1v) is 9.77. The summed E-state index contributed by atoms with van der Waals surface area (Å²) in [4.78, 5) is 8.94. The van der Waals surface area contributed by atoms with Crippen LogP contribution in [0.1, 0.15) is 30.0 Å². The number of fused-ring (bicyclic) bond motifs is 1. The number of aromatic nitrogens is 5. The van der Waals surface area contributed by atoms with Crippen molar-refractivity contribution in [2.75, 3.05) is 5.32 Å². The van der Waals surface area contributed by atoms with Gasteiger partial charge in [-0.15, -0.1) is 0 Å². The van der Waals surface area contributed by atoms with E-state index in [1.807, 2.05) is 36.9 Å². The SMILES string of the molecule is Cc1nn2c(NCc3cccc(-c4nccn4C)c3)cc(C(C)O)nc2c1Br. The van der Waals surface area contributed by atoms with E-state index >= 15 is 0 Å². The van der Waals surface area contributed by atoms with Crippen molar-refractivity contribution in [3.63, 3.8) is 0 Å². The Morgan fingerprint density at radius 2 is 2.11 bits per heavy atom. The van der Waals surface area contributed by atoms with Gasteiger partial charge in [-0.1, -0.05) is 18.2 Å². The Bertz CT molecular complexity index is 1150. The van der Waals surface area contributed by atoms with Gasteiger partial charge in [0.05, 0.1) is 22.0 Å². The van der Waals surface area contributed by atoms with Crippen LogP contribution >= 0.6 is 15.9 Å². The molecule has 0 saturated carbocycles. The number of benzene rings is 1. The molecule has 0 amide bonds. The molecule has 1 atom stereocenters. The first-order chi connectivity index (χ1) is 13.4. The Labute approximate surface area is 171 Å². The first-order valence-electron chi connectivity index (χ1n) is 8.98. The van der Waals surface area contributed by atoms with Crippen LogP contribution in [0.5, 0.6) is 0 Å². The van der Waals surface area contributed by atoms with Crippen molar-refractivity contribution in [1.29, 1.82) is 0 Å². The van der Waals surface area contributed by atoms with Crippen LogP contribution in [0.4, 0.5) is 5.82 Å². The van der Waals surface area contributed by atoms with Crippen molar-refractivity contribution in [3.8, 4) is 11.4 Å². The molecular weight excluding hydrogens is 420 g/mol. The standard InChI is InChI=1S/C20H21BrN6O/c1-12-18(21)20-24-16(13(2)28)10-17(27(20)25-12)23-11-14-5-4-6-15(9-14)19-22-7-8-26(19)3/h4-10,13,23,28H,11H2,1-3H3. The molecule has 0 aliphatic rings. The molecule has 0 aliphatic heterocycles. The summed E-state index contributed by atoms with van der Waals surface area (Å²) in [5.74, 6) is 1.70. The third-order valence-corrected chi connectivity index (χ3v) is 5.55. The van der Waals surface area contributed by atoms with Crippen LogP contribution in [0, 0.1) is 6.92 Å². The molecule has 28 heavy (non-hydrogen) atoms. The molecule has 0 bridgehead atoms. The van der Waals surface area contributed by atoms with Crippen LogP contribution in [0.25, 0.3) is 17.0 Å². The zero-order valence-electron chi connectivity index (χ0n) is 15.9. The third-order valence-electron chi connectivity index (χ3n) is 4.62. The summed E-state index contributed by atoms with van der Waals surface area (Å²) in [7, 11) is 1.98. The van der Waals surface area contributed by atoms with Crippen molar-refractivity contribution in [3.05, 3.63) is 64.1 Å². The van der Waals surface area contributed by atoms with Crippen LogP contribution in [0.2, 0.25) is 0 Å². The molecule has 1 unspecified atom stereocenters. The van der Waals surface area contributed by atoms with E-state index in [0.29, 0.717) is 17.9 Å². The summed E-state index contributed by atoms with van der Waals surface area (Å²) in [5, 5.41) is 18.0. The van der Waals surface area contributed by atoms with Gasteiger partial charge in [-0.25, -0.2) is 9.97 Å². The van der Waals surface area contributed by atoms with Crippen LogP contribution in [-0.4, -0.2) is 29.3 Å². The number of aryl methyl sites for hydroxylation is 2. The average Bonchev–Trinajstić information content (AvgIpc) is 3.23. The molecule has 3 heterocycles. The van der Waals surface area contributed by atoms with Crippen LogP contribution in [0.15, 0.2) is 47.2 Å². The van der Waals surface area contributed by atoms with E-state index in [9.17, 15) is 5.11 Å². The van der Waals surface area contributed by atoms with Crippen molar-refractivity contribution in [2.24, 2.45) is 7.05 Å². The fraction of sp³-hybridized carbons (Fsp3) is 0.250. The number of aliphatic hydroxyl groups excluding tert-OH is 1. The number of rotatable bonds is 5. The summed E-state index contributed by atoms with van der Waals surface area (Å²) in [6, 6.07) is 10.1. The molecule has 4 rings (SSSR count). The Balaban J connectivity index is 1.66. The number of hydrogen-bond donors (Lipinski definition) is 2. The molecular formula is C20H21BrN6O.